The first-order valence-corrected chi connectivity index (χ1v) is 6.47. The second-order valence-electron chi connectivity index (χ2n) is 4.88. The SMILES string of the molecule is Cc1c(F)cccc1CCC1CCC(CC#N)O1. The maximum absolute atomic E-state index is 13.4. The van der Waals surface area contributed by atoms with Gasteiger partial charge < -0.3 is 4.74 Å². The van der Waals surface area contributed by atoms with Crippen molar-refractivity contribution in [2.24, 2.45) is 0 Å². The van der Waals surface area contributed by atoms with Crippen molar-refractivity contribution in [3.05, 3.63) is 35.1 Å². The second-order valence-corrected chi connectivity index (χ2v) is 4.88. The van der Waals surface area contributed by atoms with Gasteiger partial charge in [-0.2, -0.15) is 5.26 Å². The molecule has 1 aliphatic rings. The summed E-state index contributed by atoms with van der Waals surface area (Å²) >= 11 is 0. The van der Waals surface area contributed by atoms with E-state index in [1.807, 2.05) is 13.0 Å². The zero-order valence-electron chi connectivity index (χ0n) is 10.7. The number of nitrogens with zero attached hydrogens (tertiary/aromatic N) is 1. The van der Waals surface area contributed by atoms with Crippen molar-refractivity contribution < 1.29 is 9.13 Å². The van der Waals surface area contributed by atoms with Gasteiger partial charge in [-0.15, -0.1) is 0 Å². The smallest absolute Gasteiger partial charge is 0.126 e. The van der Waals surface area contributed by atoms with E-state index in [1.165, 1.54) is 6.07 Å². The third kappa shape index (κ3) is 3.08. The van der Waals surface area contributed by atoms with Gasteiger partial charge in [-0.3, -0.25) is 0 Å². The summed E-state index contributed by atoms with van der Waals surface area (Å²) in [6, 6.07) is 7.37. The monoisotopic (exact) mass is 247 g/mol. The van der Waals surface area contributed by atoms with Gasteiger partial charge in [0.15, 0.2) is 0 Å². The van der Waals surface area contributed by atoms with Gasteiger partial charge in [0.1, 0.15) is 5.82 Å². The third-order valence-corrected chi connectivity index (χ3v) is 3.63. The molecule has 1 aromatic rings. The third-order valence-electron chi connectivity index (χ3n) is 3.63. The Morgan fingerprint density at radius 2 is 2.17 bits per heavy atom. The van der Waals surface area contributed by atoms with E-state index in [4.69, 9.17) is 10.00 Å². The fourth-order valence-corrected chi connectivity index (χ4v) is 2.48. The molecule has 0 spiro atoms. The molecule has 2 rings (SSSR count). The largest absolute Gasteiger partial charge is 0.374 e. The minimum atomic E-state index is -0.137. The van der Waals surface area contributed by atoms with Crippen molar-refractivity contribution in [3.63, 3.8) is 0 Å². The molecule has 0 amide bonds. The van der Waals surface area contributed by atoms with Gasteiger partial charge in [0, 0.05) is 0 Å². The highest BCUT2D eigenvalue weighted by atomic mass is 19.1. The first-order chi connectivity index (χ1) is 8.70. The van der Waals surface area contributed by atoms with Gasteiger partial charge in [0.25, 0.3) is 0 Å². The molecule has 0 aliphatic carbocycles. The molecule has 0 saturated carbocycles. The minimum absolute atomic E-state index is 0.105. The standard InChI is InChI=1S/C15H18FNO/c1-11-12(3-2-4-15(11)16)5-6-13-7-8-14(18-13)9-10-17/h2-4,13-14H,5-9H2,1H3. The van der Waals surface area contributed by atoms with E-state index in [0.29, 0.717) is 6.42 Å². The van der Waals surface area contributed by atoms with Crippen LogP contribution in [0, 0.1) is 24.1 Å². The lowest BCUT2D eigenvalue weighted by atomic mass is 10.0. The zero-order valence-corrected chi connectivity index (χ0v) is 10.7. The van der Waals surface area contributed by atoms with E-state index in [9.17, 15) is 4.39 Å². The molecule has 1 aliphatic heterocycles. The molecule has 1 aromatic carbocycles. The van der Waals surface area contributed by atoms with Crippen molar-refractivity contribution in [2.45, 2.75) is 51.2 Å². The van der Waals surface area contributed by atoms with Crippen molar-refractivity contribution in [1.29, 1.82) is 5.26 Å². The molecule has 3 heteroatoms. The molecule has 2 nitrogen and oxygen atoms in total. The Kier molecular flexibility index (Phi) is 4.33. The maximum atomic E-state index is 13.4. The van der Waals surface area contributed by atoms with Crippen LogP contribution in [0.15, 0.2) is 18.2 Å². The predicted octanol–water partition coefficient (Wildman–Crippen LogP) is 3.53. The van der Waals surface area contributed by atoms with Gasteiger partial charge in [-0.05, 0) is 49.8 Å². The van der Waals surface area contributed by atoms with Crippen molar-refractivity contribution in [3.8, 4) is 6.07 Å². The Bertz CT molecular complexity index is 452. The highest BCUT2D eigenvalue weighted by Gasteiger charge is 2.24. The van der Waals surface area contributed by atoms with Crippen LogP contribution in [0.5, 0.6) is 0 Å². The lowest BCUT2D eigenvalue weighted by Crippen LogP contribution is -2.11. The number of halogens is 1. The normalized spacial score (nSPS) is 22.9. The van der Waals surface area contributed by atoms with E-state index >= 15 is 0 Å². The molecule has 0 bridgehead atoms. The van der Waals surface area contributed by atoms with Crippen LogP contribution in [0.1, 0.15) is 36.8 Å². The first-order valence-electron chi connectivity index (χ1n) is 6.47. The number of aryl methyl sites for hydroxylation is 1. The number of hydrogen-bond donors (Lipinski definition) is 0. The highest BCUT2D eigenvalue weighted by molar-refractivity contribution is 5.27. The van der Waals surface area contributed by atoms with E-state index < -0.39 is 0 Å². The Balaban J connectivity index is 1.86. The van der Waals surface area contributed by atoms with Gasteiger partial charge in [0.2, 0.25) is 0 Å². The van der Waals surface area contributed by atoms with Crippen molar-refractivity contribution in [2.75, 3.05) is 0 Å². The average molecular weight is 247 g/mol. The molecule has 96 valence electrons. The van der Waals surface area contributed by atoms with Crippen LogP contribution in [0.25, 0.3) is 0 Å². The van der Waals surface area contributed by atoms with Crippen LogP contribution in [-0.2, 0) is 11.2 Å². The van der Waals surface area contributed by atoms with Crippen LogP contribution in [-0.4, -0.2) is 12.2 Å². The summed E-state index contributed by atoms with van der Waals surface area (Å²) in [6.07, 6.45) is 4.55. The molecular formula is C15H18FNO. The molecule has 0 N–H and O–H groups in total. The fraction of sp³-hybridized carbons (Fsp3) is 0.533. The molecule has 1 fully saturated rings. The molecule has 18 heavy (non-hydrogen) atoms. The number of benzene rings is 1. The van der Waals surface area contributed by atoms with Gasteiger partial charge in [-0.1, -0.05) is 12.1 Å². The summed E-state index contributed by atoms with van der Waals surface area (Å²) in [4.78, 5) is 0. The lowest BCUT2D eigenvalue weighted by Gasteiger charge is -2.13. The maximum Gasteiger partial charge on any atom is 0.126 e. The first kappa shape index (κ1) is 13.0. The molecular weight excluding hydrogens is 229 g/mol. The van der Waals surface area contributed by atoms with Crippen molar-refractivity contribution >= 4 is 0 Å². The van der Waals surface area contributed by atoms with Gasteiger partial charge in [0.05, 0.1) is 24.7 Å². The van der Waals surface area contributed by atoms with Crippen molar-refractivity contribution in [1.82, 2.24) is 0 Å². The Labute approximate surface area is 107 Å². The summed E-state index contributed by atoms with van der Waals surface area (Å²) in [5, 5.41) is 8.62. The van der Waals surface area contributed by atoms with Crippen LogP contribution < -0.4 is 0 Å². The highest BCUT2D eigenvalue weighted by Crippen LogP contribution is 2.25. The van der Waals surface area contributed by atoms with E-state index in [-0.39, 0.29) is 18.0 Å². The van der Waals surface area contributed by atoms with Gasteiger partial charge in [-0.25, -0.2) is 4.39 Å². The molecule has 1 saturated heterocycles. The quantitative estimate of drug-likeness (QED) is 0.815. The van der Waals surface area contributed by atoms with Crippen LogP contribution >= 0.6 is 0 Å². The van der Waals surface area contributed by atoms with E-state index in [0.717, 1.165) is 36.8 Å². The molecule has 2 unspecified atom stereocenters. The molecule has 0 aromatic heterocycles. The number of hydrogen-bond acceptors (Lipinski definition) is 2. The van der Waals surface area contributed by atoms with Gasteiger partial charge >= 0.3 is 0 Å². The van der Waals surface area contributed by atoms with Crippen LogP contribution in [0.3, 0.4) is 0 Å². The summed E-state index contributed by atoms with van der Waals surface area (Å²) in [5.41, 5.74) is 1.80. The van der Waals surface area contributed by atoms with Crippen LogP contribution in [0.2, 0.25) is 0 Å². The summed E-state index contributed by atoms with van der Waals surface area (Å²) in [6.45, 7) is 1.82. The molecule has 0 radical (unpaired) electrons. The zero-order chi connectivity index (χ0) is 13.0. The number of rotatable bonds is 4. The lowest BCUT2D eigenvalue weighted by molar-refractivity contribution is 0.0436. The predicted molar refractivity (Wildman–Crippen MR) is 67.6 cm³/mol. The number of nitriles is 1. The Morgan fingerprint density at radius 1 is 1.39 bits per heavy atom. The summed E-state index contributed by atoms with van der Waals surface area (Å²) < 4.78 is 19.2. The molecule has 1 heterocycles. The Hall–Kier alpha value is -1.40. The molecule has 2 atom stereocenters. The average Bonchev–Trinajstić information content (AvgIpc) is 2.79. The van der Waals surface area contributed by atoms with E-state index in [2.05, 4.69) is 6.07 Å². The Morgan fingerprint density at radius 3 is 2.94 bits per heavy atom. The number of ether oxygens (including phenoxy) is 1. The topological polar surface area (TPSA) is 33.0 Å². The second kappa shape index (κ2) is 5.97. The minimum Gasteiger partial charge on any atom is -0.374 e. The van der Waals surface area contributed by atoms with E-state index in [1.54, 1.807) is 6.07 Å². The fourth-order valence-electron chi connectivity index (χ4n) is 2.48. The summed E-state index contributed by atoms with van der Waals surface area (Å²) in [7, 11) is 0. The summed E-state index contributed by atoms with van der Waals surface area (Å²) in [5.74, 6) is -0.137. The van der Waals surface area contributed by atoms with Crippen LogP contribution in [0.4, 0.5) is 4.39 Å².